The van der Waals surface area contributed by atoms with Crippen molar-refractivity contribution in [3.05, 3.63) is 17.7 Å². The number of nitrogens with one attached hydrogen (secondary N) is 2. The van der Waals surface area contributed by atoms with Crippen molar-refractivity contribution >= 4 is 34.3 Å². The number of rotatable bonds is 8. The van der Waals surface area contributed by atoms with Crippen LogP contribution < -0.4 is 10.6 Å². The number of aliphatic carboxylic acids is 2. The number of nitriles is 1. The number of carboxylic acids is 2. The lowest BCUT2D eigenvalue weighted by Crippen LogP contribution is -2.50. The summed E-state index contributed by atoms with van der Waals surface area (Å²) < 4.78 is 0. The molecule has 0 saturated carbocycles. The highest BCUT2D eigenvalue weighted by molar-refractivity contribution is 7.13. The molecular formula is C17H24N6O5S. The fourth-order valence-electron chi connectivity index (χ4n) is 2.37. The van der Waals surface area contributed by atoms with E-state index in [9.17, 15) is 14.4 Å². The minimum atomic E-state index is -1.26. The maximum atomic E-state index is 12.2. The molecule has 0 spiro atoms. The Kier molecular flexibility index (Phi) is 9.70. The maximum Gasteiger partial charge on any atom is 0.328 e. The Morgan fingerprint density at radius 2 is 2.03 bits per heavy atom. The number of nitrogens with zero attached hydrogens (tertiary/aromatic N) is 4. The minimum absolute atomic E-state index is 0.0111. The zero-order valence-electron chi connectivity index (χ0n) is 16.2. The van der Waals surface area contributed by atoms with E-state index in [4.69, 9.17) is 15.5 Å². The van der Waals surface area contributed by atoms with Crippen LogP contribution in [0.25, 0.3) is 0 Å². The number of anilines is 1. The van der Waals surface area contributed by atoms with E-state index in [1.165, 1.54) is 11.3 Å². The Morgan fingerprint density at radius 3 is 2.55 bits per heavy atom. The van der Waals surface area contributed by atoms with Gasteiger partial charge in [-0.2, -0.15) is 5.26 Å². The minimum Gasteiger partial charge on any atom is -0.478 e. The molecule has 1 atom stereocenters. The summed E-state index contributed by atoms with van der Waals surface area (Å²) in [7, 11) is 0. The molecule has 0 bridgehead atoms. The van der Waals surface area contributed by atoms with Gasteiger partial charge in [-0.25, -0.2) is 9.59 Å². The van der Waals surface area contributed by atoms with E-state index in [-0.39, 0.29) is 24.0 Å². The van der Waals surface area contributed by atoms with Crippen LogP contribution in [0.3, 0.4) is 0 Å². The Bertz CT molecular complexity index is 743. The third kappa shape index (κ3) is 9.63. The van der Waals surface area contributed by atoms with Gasteiger partial charge in [0.05, 0.1) is 12.6 Å². The third-order valence-corrected chi connectivity index (χ3v) is 4.50. The molecule has 29 heavy (non-hydrogen) atoms. The number of hydrogen-bond acceptors (Lipinski definition) is 9. The number of aromatic nitrogens is 2. The van der Waals surface area contributed by atoms with E-state index in [1.807, 2.05) is 13.8 Å². The van der Waals surface area contributed by atoms with Gasteiger partial charge >= 0.3 is 11.9 Å². The van der Waals surface area contributed by atoms with Gasteiger partial charge in [-0.3, -0.25) is 4.79 Å². The highest BCUT2D eigenvalue weighted by atomic mass is 32.1. The first-order chi connectivity index (χ1) is 13.6. The predicted molar refractivity (Wildman–Crippen MR) is 105 cm³/mol. The SMILES string of the molecule is CC(C)(CNc1nncs1)NCC(=O)N1CCC[C@H]1C#N.O=C(O)/C=C/C(=O)O. The highest BCUT2D eigenvalue weighted by Gasteiger charge is 2.29. The van der Waals surface area contributed by atoms with E-state index >= 15 is 0 Å². The lowest BCUT2D eigenvalue weighted by atomic mass is 10.1. The number of carbonyl (C=O) groups excluding carboxylic acids is 1. The predicted octanol–water partition coefficient (Wildman–Crippen LogP) is 0.545. The topological polar surface area (TPSA) is 169 Å². The fraction of sp³-hybridized carbons (Fsp3) is 0.529. The molecule has 4 N–H and O–H groups in total. The van der Waals surface area contributed by atoms with Gasteiger partial charge in [0, 0.05) is 30.8 Å². The van der Waals surface area contributed by atoms with Crippen molar-refractivity contribution in [3.63, 3.8) is 0 Å². The third-order valence-electron chi connectivity index (χ3n) is 3.85. The monoisotopic (exact) mass is 424 g/mol. The summed E-state index contributed by atoms with van der Waals surface area (Å²) >= 11 is 1.44. The average molecular weight is 424 g/mol. The first kappa shape index (κ1) is 24.0. The van der Waals surface area contributed by atoms with Crippen LogP contribution in [0.1, 0.15) is 26.7 Å². The molecule has 1 fully saturated rings. The molecule has 1 aliphatic heterocycles. The molecule has 1 aliphatic rings. The molecule has 2 heterocycles. The Morgan fingerprint density at radius 1 is 1.38 bits per heavy atom. The van der Waals surface area contributed by atoms with E-state index in [2.05, 4.69) is 26.9 Å². The lowest BCUT2D eigenvalue weighted by Gasteiger charge is -2.28. The largest absolute Gasteiger partial charge is 0.478 e. The second-order valence-corrected chi connectivity index (χ2v) is 7.55. The van der Waals surface area contributed by atoms with Crippen molar-refractivity contribution < 1.29 is 24.6 Å². The number of amides is 1. The van der Waals surface area contributed by atoms with Crippen molar-refractivity contribution in [1.82, 2.24) is 20.4 Å². The van der Waals surface area contributed by atoms with Crippen molar-refractivity contribution in [3.8, 4) is 6.07 Å². The summed E-state index contributed by atoms with van der Waals surface area (Å²) in [6.07, 6.45) is 2.81. The molecule has 0 radical (unpaired) electrons. The first-order valence-electron chi connectivity index (χ1n) is 8.72. The standard InChI is InChI=1S/C13H20N6OS.C4H4O4/c1-13(2,8-15-12-18-17-9-21-12)16-7-11(20)19-5-3-4-10(19)6-14;5-3(6)1-2-4(7)8/h9-10,16H,3-5,7-8H2,1-2H3,(H,15,18);1-2H,(H,5,6)(H,7,8)/b;2-1+/t10-;/m0./s1. The quantitative estimate of drug-likeness (QED) is 0.432. The van der Waals surface area contributed by atoms with Gasteiger partial charge in [-0.05, 0) is 26.7 Å². The summed E-state index contributed by atoms with van der Waals surface area (Å²) in [5.41, 5.74) is 1.41. The van der Waals surface area contributed by atoms with Gasteiger partial charge in [0.15, 0.2) is 0 Å². The van der Waals surface area contributed by atoms with Gasteiger partial charge in [-0.1, -0.05) is 11.3 Å². The summed E-state index contributed by atoms with van der Waals surface area (Å²) in [4.78, 5) is 32.9. The number of hydrogen-bond donors (Lipinski definition) is 4. The van der Waals surface area contributed by atoms with Crippen LogP contribution in [0, 0.1) is 11.3 Å². The average Bonchev–Trinajstić information content (AvgIpc) is 3.35. The molecule has 12 heteroatoms. The maximum absolute atomic E-state index is 12.2. The molecule has 0 unspecified atom stereocenters. The lowest BCUT2D eigenvalue weighted by molar-refractivity contribution is -0.134. The Labute approximate surface area is 172 Å². The van der Waals surface area contributed by atoms with Crippen molar-refractivity contribution in [2.45, 2.75) is 38.3 Å². The summed E-state index contributed by atoms with van der Waals surface area (Å²) in [5.74, 6) is -2.53. The molecular weight excluding hydrogens is 400 g/mol. The summed E-state index contributed by atoms with van der Waals surface area (Å²) in [5, 5.41) is 39.5. The zero-order chi connectivity index (χ0) is 21.9. The van der Waals surface area contributed by atoms with Gasteiger partial charge < -0.3 is 25.7 Å². The van der Waals surface area contributed by atoms with E-state index in [1.54, 1.807) is 10.4 Å². The van der Waals surface area contributed by atoms with Crippen LogP contribution in [-0.2, 0) is 14.4 Å². The van der Waals surface area contributed by atoms with Gasteiger partial charge in [0.2, 0.25) is 11.0 Å². The Hall–Kier alpha value is -3.04. The van der Waals surface area contributed by atoms with Crippen LogP contribution in [-0.4, -0.2) is 74.4 Å². The van der Waals surface area contributed by atoms with E-state index < -0.39 is 11.9 Å². The second kappa shape index (κ2) is 11.7. The molecule has 1 amide bonds. The first-order valence-corrected chi connectivity index (χ1v) is 9.60. The molecule has 1 aromatic rings. The molecule has 1 saturated heterocycles. The second-order valence-electron chi connectivity index (χ2n) is 6.72. The molecule has 0 aliphatic carbocycles. The number of carboxylic acid groups (broad SMARTS) is 2. The van der Waals surface area contributed by atoms with Gasteiger partial charge in [0.1, 0.15) is 11.6 Å². The van der Waals surface area contributed by atoms with Crippen molar-refractivity contribution in [2.24, 2.45) is 0 Å². The zero-order valence-corrected chi connectivity index (χ0v) is 17.0. The molecule has 11 nitrogen and oxygen atoms in total. The smallest absolute Gasteiger partial charge is 0.328 e. The summed E-state index contributed by atoms with van der Waals surface area (Å²) in [6, 6.07) is 1.92. The van der Waals surface area contributed by atoms with Gasteiger partial charge in [0.25, 0.3) is 0 Å². The highest BCUT2D eigenvalue weighted by Crippen LogP contribution is 2.16. The van der Waals surface area contributed by atoms with Crippen LogP contribution in [0.5, 0.6) is 0 Å². The normalized spacial score (nSPS) is 16.0. The van der Waals surface area contributed by atoms with Crippen LogP contribution >= 0.6 is 11.3 Å². The Balaban J connectivity index is 0.000000447. The van der Waals surface area contributed by atoms with Crippen LogP contribution in [0.2, 0.25) is 0 Å². The number of carbonyl (C=O) groups is 3. The fourth-order valence-corrected chi connectivity index (χ4v) is 2.81. The van der Waals surface area contributed by atoms with Crippen molar-refractivity contribution in [2.75, 3.05) is 25.0 Å². The van der Waals surface area contributed by atoms with Crippen LogP contribution in [0.4, 0.5) is 5.13 Å². The molecule has 1 aromatic heterocycles. The number of likely N-dealkylation sites (tertiary alicyclic amines) is 1. The van der Waals surface area contributed by atoms with Crippen molar-refractivity contribution in [1.29, 1.82) is 5.26 Å². The van der Waals surface area contributed by atoms with E-state index in [0.29, 0.717) is 25.2 Å². The molecule has 0 aromatic carbocycles. The van der Waals surface area contributed by atoms with Gasteiger partial charge in [-0.15, -0.1) is 10.2 Å². The van der Waals surface area contributed by atoms with E-state index in [0.717, 1.165) is 18.0 Å². The molecule has 2 rings (SSSR count). The summed E-state index contributed by atoms with van der Waals surface area (Å²) in [6.45, 7) is 5.59. The molecule has 158 valence electrons. The van der Waals surface area contributed by atoms with Crippen LogP contribution in [0.15, 0.2) is 17.7 Å².